The maximum absolute atomic E-state index is 13.7. The fourth-order valence-electron chi connectivity index (χ4n) is 2.77. The average molecular weight is 243 g/mol. The number of para-hydroxylation sites is 1. The van der Waals surface area contributed by atoms with Gasteiger partial charge in [-0.3, -0.25) is 9.78 Å². The highest BCUT2D eigenvalue weighted by molar-refractivity contribution is 5.84. The minimum atomic E-state index is -0.277. The Morgan fingerprint density at radius 1 is 1.17 bits per heavy atom. The summed E-state index contributed by atoms with van der Waals surface area (Å²) in [5.74, 6) is 0.423. The van der Waals surface area contributed by atoms with E-state index >= 15 is 0 Å². The Morgan fingerprint density at radius 2 is 1.94 bits per heavy atom. The Labute approximate surface area is 105 Å². The summed E-state index contributed by atoms with van der Waals surface area (Å²) in [5, 5.41) is 0.886. The zero-order valence-corrected chi connectivity index (χ0v) is 10.0. The molecule has 18 heavy (non-hydrogen) atoms. The standard InChI is InChI=1S/C15H14FNO/c16-14-3-1-2-13-12(8-9-17-15(13)14)10-4-6-11(18)7-5-10/h1-3,8-10H,4-7H2. The van der Waals surface area contributed by atoms with E-state index in [9.17, 15) is 9.18 Å². The van der Waals surface area contributed by atoms with Crippen molar-refractivity contribution in [1.29, 1.82) is 0 Å². The highest BCUT2D eigenvalue weighted by Gasteiger charge is 2.22. The third-order valence-corrected chi connectivity index (χ3v) is 3.74. The third-order valence-electron chi connectivity index (χ3n) is 3.74. The van der Waals surface area contributed by atoms with Gasteiger partial charge < -0.3 is 0 Å². The molecule has 0 N–H and O–H groups in total. The van der Waals surface area contributed by atoms with E-state index in [2.05, 4.69) is 4.98 Å². The Morgan fingerprint density at radius 3 is 2.72 bits per heavy atom. The normalized spacial score (nSPS) is 17.3. The molecular formula is C15H14FNO. The molecule has 0 amide bonds. The molecule has 1 aromatic carbocycles. The second-order valence-electron chi connectivity index (χ2n) is 4.85. The van der Waals surface area contributed by atoms with Gasteiger partial charge in [-0.1, -0.05) is 12.1 Å². The van der Waals surface area contributed by atoms with Crippen LogP contribution in [0.15, 0.2) is 30.5 Å². The molecule has 92 valence electrons. The van der Waals surface area contributed by atoms with E-state index in [1.165, 1.54) is 6.07 Å². The predicted octanol–water partition coefficient (Wildman–Crippen LogP) is 3.60. The molecule has 1 saturated carbocycles. The quantitative estimate of drug-likeness (QED) is 0.766. The molecule has 1 heterocycles. The van der Waals surface area contributed by atoms with Gasteiger partial charge in [-0.15, -0.1) is 0 Å². The van der Waals surface area contributed by atoms with Crippen LogP contribution < -0.4 is 0 Å². The molecule has 1 aliphatic rings. The van der Waals surface area contributed by atoms with E-state index in [0.717, 1.165) is 23.8 Å². The molecule has 0 radical (unpaired) electrons. The number of ketones is 1. The molecule has 1 aliphatic carbocycles. The van der Waals surface area contributed by atoms with Crippen molar-refractivity contribution in [3.05, 3.63) is 41.8 Å². The van der Waals surface area contributed by atoms with Crippen molar-refractivity contribution in [3.8, 4) is 0 Å². The number of nitrogens with zero attached hydrogens (tertiary/aromatic N) is 1. The van der Waals surface area contributed by atoms with Crippen LogP contribution in [0.1, 0.15) is 37.2 Å². The minimum absolute atomic E-state index is 0.277. The van der Waals surface area contributed by atoms with Crippen LogP contribution in [0.4, 0.5) is 4.39 Å². The lowest BCUT2D eigenvalue weighted by molar-refractivity contribution is -0.120. The van der Waals surface area contributed by atoms with Crippen molar-refractivity contribution in [2.24, 2.45) is 0 Å². The van der Waals surface area contributed by atoms with Crippen molar-refractivity contribution < 1.29 is 9.18 Å². The average Bonchev–Trinajstić information content (AvgIpc) is 2.40. The molecule has 0 atom stereocenters. The number of halogens is 1. The van der Waals surface area contributed by atoms with E-state index in [-0.39, 0.29) is 5.82 Å². The summed E-state index contributed by atoms with van der Waals surface area (Å²) < 4.78 is 13.7. The third kappa shape index (κ3) is 1.90. The maximum Gasteiger partial charge on any atom is 0.149 e. The van der Waals surface area contributed by atoms with Gasteiger partial charge in [0.25, 0.3) is 0 Å². The van der Waals surface area contributed by atoms with Crippen molar-refractivity contribution >= 4 is 16.7 Å². The highest BCUT2D eigenvalue weighted by Crippen LogP contribution is 2.35. The summed E-state index contributed by atoms with van der Waals surface area (Å²) in [5.41, 5.74) is 1.57. The molecule has 0 aliphatic heterocycles. The van der Waals surface area contributed by atoms with Gasteiger partial charge in [0.2, 0.25) is 0 Å². The van der Waals surface area contributed by atoms with Crippen molar-refractivity contribution in [1.82, 2.24) is 4.98 Å². The predicted molar refractivity (Wildman–Crippen MR) is 67.9 cm³/mol. The number of carbonyl (C=O) groups is 1. The summed E-state index contributed by atoms with van der Waals surface area (Å²) in [6, 6.07) is 7.03. The number of rotatable bonds is 1. The lowest BCUT2D eigenvalue weighted by Gasteiger charge is -2.22. The number of pyridine rings is 1. The van der Waals surface area contributed by atoms with Crippen molar-refractivity contribution in [2.75, 3.05) is 0 Å². The molecule has 2 aromatic rings. The molecule has 0 saturated heterocycles. The van der Waals surface area contributed by atoms with E-state index < -0.39 is 0 Å². The molecular weight excluding hydrogens is 229 g/mol. The number of benzene rings is 1. The maximum atomic E-state index is 13.7. The van der Waals surface area contributed by atoms with Crippen LogP contribution in [0, 0.1) is 5.82 Å². The van der Waals surface area contributed by atoms with E-state index in [1.54, 1.807) is 12.3 Å². The first-order valence-corrected chi connectivity index (χ1v) is 6.30. The van der Waals surface area contributed by atoms with Crippen LogP contribution in [-0.2, 0) is 4.79 Å². The van der Waals surface area contributed by atoms with Crippen molar-refractivity contribution in [2.45, 2.75) is 31.6 Å². The lowest BCUT2D eigenvalue weighted by atomic mass is 9.82. The molecule has 3 rings (SSSR count). The summed E-state index contributed by atoms with van der Waals surface area (Å²) in [6.45, 7) is 0. The largest absolute Gasteiger partial charge is 0.300 e. The summed E-state index contributed by atoms with van der Waals surface area (Å²) in [7, 11) is 0. The van der Waals surface area contributed by atoms with E-state index in [1.807, 2.05) is 12.1 Å². The van der Waals surface area contributed by atoms with E-state index in [4.69, 9.17) is 0 Å². The summed E-state index contributed by atoms with van der Waals surface area (Å²) in [6.07, 6.45) is 4.69. The number of hydrogen-bond donors (Lipinski definition) is 0. The molecule has 0 unspecified atom stereocenters. The zero-order valence-electron chi connectivity index (χ0n) is 10.0. The van der Waals surface area contributed by atoms with Gasteiger partial charge in [0.05, 0.1) is 0 Å². The molecule has 1 aromatic heterocycles. The topological polar surface area (TPSA) is 30.0 Å². The minimum Gasteiger partial charge on any atom is -0.300 e. The molecule has 0 bridgehead atoms. The van der Waals surface area contributed by atoms with Crippen LogP contribution in [0.5, 0.6) is 0 Å². The lowest BCUT2D eigenvalue weighted by Crippen LogP contribution is -2.12. The van der Waals surface area contributed by atoms with Crippen LogP contribution in [-0.4, -0.2) is 10.8 Å². The second kappa shape index (κ2) is 4.48. The van der Waals surface area contributed by atoms with Crippen LogP contribution in [0.25, 0.3) is 10.9 Å². The van der Waals surface area contributed by atoms with Crippen LogP contribution >= 0.6 is 0 Å². The van der Waals surface area contributed by atoms with Gasteiger partial charge in [-0.2, -0.15) is 0 Å². The monoisotopic (exact) mass is 243 g/mol. The van der Waals surface area contributed by atoms with Crippen LogP contribution in [0.3, 0.4) is 0 Å². The summed E-state index contributed by atoms with van der Waals surface area (Å²) in [4.78, 5) is 15.4. The molecule has 3 heteroatoms. The Kier molecular flexibility index (Phi) is 2.82. The Bertz CT molecular complexity index is 598. The number of carbonyl (C=O) groups excluding carboxylic acids is 1. The van der Waals surface area contributed by atoms with Gasteiger partial charge in [0, 0.05) is 24.4 Å². The number of Topliss-reactive ketones (excluding diaryl/α,β-unsaturated/α-hetero) is 1. The second-order valence-corrected chi connectivity index (χ2v) is 4.85. The fourth-order valence-corrected chi connectivity index (χ4v) is 2.77. The zero-order chi connectivity index (χ0) is 12.5. The Balaban J connectivity index is 2.07. The van der Waals surface area contributed by atoms with Gasteiger partial charge >= 0.3 is 0 Å². The molecule has 2 nitrogen and oxygen atoms in total. The van der Waals surface area contributed by atoms with Crippen LogP contribution in [0.2, 0.25) is 0 Å². The smallest absolute Gasteiger partial charge is 0.149 e. The fraction of sp³-hybridized carbons (Fsp3) is 0.333. The van der Waals surface area contributed by atoms with Gasteiger partial charge in [-0.25, -0.2) is 4.39 Å². The first kappa shape index (κ1) is 11.3. The van der Waals surface area contributed by atoms with Gasteiger partial charge in [0.15, 0.2) is 0 Å². The first-order valence-electron chi connectivity index (χ1n) is 6.30. The van der Waals surface area contributed by atoms with Gasteiger partial charge in [-0.05, 0) is 36.5 Å². The van der Waals surface area contributed by atoms with E-state index in [0.29, 0.717) is 30.1 Å². The SMILES string of the molecule is O=C1CCC(c2ccnc3c(F)cccc23)CC1. The Hall–Kier alpha value is -1.77. The number of aromatic nitrogens is 1. The summed E-state index contributed by atoms with van der Waals surface area (Å²) >= 11 is 0. The number of fused-ring (bicyclic) bond motifs is 1. The number of hydrogen-bond acceptors (Lipinski definition) is 2. The van der Waals surface area contributed by atoms with Crippen molar-refractivity contribution in [3.63, 3.8) is 0 Å². The highest BCUT2D eigenvalue weighted by atomic mass is 19.1. The molecule has 1 fully saturated rings. The first-order chi connectivity index (χ1) is 8.75. The van der Waals surface area contributed by atoms with Gasteiger partial charge in [0.1, 0.15) is 17.1 Å². The molecule has 0 spiro atoms.